The fourth-order valence-electron chi connectivity index (χ4n) is 1.66. The minimum absolute atomic E-state index is 0.462. The maximum absolute atomic E-state index is 5.60. The molecule has 0 amide bonds. The molecule has 0 radical (unpaired) electrons. The molecule has 6 heteroatoms. The molecule has 2 aromatic heterocycles. The van der Waals surface area contributed by atoms with Crippen molar-refractivity contribution in [3.63, 3.8) is 0 Å². The predicted molar refractivity (Wildman–Crippen MR) is 70.0 cm³/mol. The van der Waals surface area contributed by atoms with E-state index < -0.39 is 0 Å². The second-order valence-corrected chi connectivity index (χ2v) is 5.17. The van der Waals surface area contributed by atoms with E-state index in [0.29, 0.717) is 23.5 Å². The highest BCUT2D eigenvalue weighted by Gasteiger charge is 2.20. The van der Waals surface area contributed by atoms with Gasteiger partial charge in [0.05, 0.1) is 0 Å². The van der Waals surface area contributed by atoms with Crippen LogP contribution >= 0.6 is 15.9 Å². The molecule has 1 aliphatic carbocycles. The van der Waals surface area contributed by atoms with Gasteiger partial charge in [-0.3, -0.25) is 0 Å². The first-order valence-electron chi connectivity index (χ1n) is 5.99. The first-order chi connectivity index (χ1) is 8.83. The molecule has 0 atom stereocenters. The standard InChI is InChI=1S/C12H13BrN4O/c13-9-2-1-6-15-11(9)12-17-16-10(18-12)5-7-14-8-3-4-8/h1-2,6,8,14H,3-5,7H2. The van der Waals surface area contributed by atoms with Crippen LogP contribution in [-0.4, -0.2) is 27.8 Å². The number of aromatic nitrogens is 3. The summed E-state index contributed by atoms with van der Waals surface area (Å²) in [7, 11) is 0. The van der Waals surface area contributed by atoms with Crippen LogP contribution in [0, 0.1) is 0 Å². The van der Waals surface area contributed by atoms with E-state index in [-0.39, 0.29) is 0 Å². The molecule has 0 aliphatic heterocycles. The molecule has 0 unspecified atom stereocenters. The van der Waals surface area contributed by atoms with Crippen molar-refractivity contribution >= 4 is 15.9 Å². The Balaban J connectivity index is 1.66. The normalized spacial score (nSPS) is 14.9. The zero-order valence-electron chi connectivity index (χ0n) is 9.77. The first kappa shape index (κ1) is 11.8. The van der Waals surface area contributed by atoms with Crippen molar-refractivity contribution in [1.29, 1.82) is 0 Å². The van der Waals surface area contributed by atoms with Crippen LogP contribution in [0.4, 0.5) is 0 Å². The van der Waals surface area contributed by atoms with E-state index in [1.54, 1.807) is 6.20 Å². The van der Waals surface area contributed by atoms with E-state index in [2.05, 4.69) is 36.4 Å². The summed E-state index contributed by atoms with van der Waals surface area (Å²) in [6.07, 6.45) is 5.04. The van der Waals surface area contributed by atoms with Crippen molar-refractivity contribution in [2.45, 2.75) is 25.3 Å². The summed E-state index contributed by atoms with van der Waals surface area (Å²) in [6, 6.07) is 4.46. The number of hydrogen-bond acceptors (Lipinski definition) is 5. The summed E-state index contributed by atoms with van der Waals surface area (Å²) in [6.45, 7) is 0.885. The Hall–Kier alpha value is -1.27. The van der Waals surface area contributed by atoms with Gasteiger partial charge < -0.3 is 9.73 Å². The van der Waals surface area contributed by atoms with Crippen molar-refractivity contribution in [1.82, 2.24) is 20.5 Å². The Labute approximate surface area is 113 Å². The molecule has 0 aromatic carbocycles. The number of nitrogens with one attached hydrogen (secondary N) is 1. The van der Waals surface area contributed by atoms with E-state index in [1.807, 2.05) is 12.1 Å². The number of pyridine rings is 1. The molecule has 94 valence electrons. The second-order valence-electron chi connectivity index (χ2n) is 4.31. The number of rotatable bonds is 5. The maximum atomic E-state index is 5.60. The van der Waals surface area contributed by atoms with Crippen LogP contribution in [-0.2, 0) is 6.42 Å². The van der Waals surface area contributed by atoms with E-state index >= 15 is 0 Å². The third kappa shape index (κ3) is 2.76. The molecular formula is C12H13BrN4O. The van der Waals surface area contributed by atoms with Gasteiger partial charge in [0, 0.05) is 29.7 Å². The van der Waals surface area contributed by atoms with Crippen molar-refractivity contribution in [2.24, 2.45) is 0 Å². The summed E-state index contributed by atoms with van der Waals surface area (Å²) in [5.41, 5.74) is 0.686. The summed E-state index contributed by atoms with van der Waals surface area (Å²) in [5.74, 6) is 1.11. The van der Waals surface area contributed by atoms with Crippen molar-refractivity contribution < 1.29 is 4.42 Å². The van der Waals surface area contributed by atoms with Gasteiger partial charge in [0.25, 0.3) is 5.89 Å². The van der Waals surface area contributed by atoms with Crippen molar-refractivity contribution in [3.8, 4) is 11.6 Å². The topological polar surface area (TPSA) is 63.8 Å². The van der Waals surface area contributed by atoms with Gasteiger partial charge in [0.1, 0.15) is 5.69 Å². The molecule has 1 aliphatic rings. The molecule has 3 rings (SSSR count). The average molecular weight is 309 g/mol. The Kier molecular flexibility index (Phi) is 3.38. The Morgan fingerprint density at radius 2 is 2.28 bits per heavy atom. The van der Waals surface area contributed by atoms with E-state index in [4.69, 9.17) is 4.42 Å². The van der Waals surface area contributed by atoms with Crippen molar-refractivity contribution in [3.05, 3.63) is 28.7 Å². The van der Waals surface area contributed by atoms with Gasteiger partial charge in [0.15, 0.2) is 0 Å². The zero-order chi connectivity index (χ0) is 12.4. The molecule has 5 nitrogen and oxygen atoms in total. The lowest BCUT2D eigenvalue weighted by Crippen LogP contribution is -2.19. The van der Waals surface area contributed by atoms with Gasteiger partial charge >= 0.3 is 0 Å². The highest BCUT2D eigenvalue weighted by Crippen LogP contribution is 2.24. The van der Waals surface area contributed by atoms with Crippen LogP contribution in [0.5, 0.6) is 0 Å². The van der Waals surface area contributed by atoms with Gasteiger partial charge in [-0.1, -0.05) is 0 Å². The lowest BCUT2D eigenvalue weighted by Gasteiger charge is -1.98. The number of hydrogen-bond donors (Lipinski definition) is 1. The fourth-order valence-corrected chi connectivity index (χ4v) is 2.09. The van der Waals surface area contributed by atoms with Crippen LogP contribution in [0.3, 0.4) is 0 Å². The smallest absolute Gasteiger partial charge is 0.267 e. The monoisotopic (exact) mass is 308 g/mol. The second kappa shape index (κ2) is 5.16. The lowest BCUT2D eigenvalue weighted by molar-refractivity contribution is 0.492. The SMILES string of the molecule is Brc1cccnc1-c1nnc(CCNC2CC2)o1. The van der Waals surface area contributed by atoms with Crippen LogP contribution in [0.25, 0.3) is 11.6 Å². The highest BCUT2D eigenvalue weighted by molar-refractivity contribution is 9.10. The van der Waals surface area contributed by atoms with Gasteiger partial charge in [-0.25, -0.2) is 4.98 Å². The highest BCUT2D eigenvalue weighted by atomic mass is 79.9. The number of nitrogens with zero attached hydrogens (tertiary/aromatic N) is 3. The summed E-state index contributed by atoms with van der Waals surface area (Å²) < 4.78 is 6.46. The Bertz CT molecular complexity index is 538. The third-order valence-electron chi connectivity index (χ3n) is 2.78. The quantitative estimate of drug-likeness (QED) is 0.917. The lowest BCUT2D eigenvalue weighted by atomic mass is 10.3. The molecule has 0 saturated heterocycles. The largest absolute Gasteiger partial charge is 0.419 e. The maximum Gasteiger partial charge on any atom is 0.267 e. The molecule has 2 aromatic rings. The zero-order valence-corrected chi connectivity index (χ0v) is 11.4. The van der Waals surface area contributed by atoms with Crippen LogP contribution in [0.1, 0.15) is 18.7 Å². The van der Waals surface area contributed by atoms with Crippen LogP contribution < -0.4 is 5.32 Å². The average Bonchev–Trinajstić information content (AvgIpc) is 3.08. The minimum Gasteiger partial charge on any atom is -0.419 e. The van der Waals surface area contributed by atoms with Gasteiger partial charge in [-0.2, -0.15) is 0 Å². The summed E-state index contributed by atoms with van der Waals surface area (Å²) >= 11 is 3.42. The molecule has 1 fully saturated rings. The van der Waals surface area contributed by atoms with Crippen molar-refractivity contribution in [2.75, 3.05) is 6.54 Å². The molecule has 18 heavy (non-hydrogen) atoms. The summed E-state index contributed by atoms with van der Waals surface area (Å²) in [4.78, 5) is 4.22. The number of halogens is 1. The van der Waals surface area contributed by atoms with Gasteiger partial charge in [-0.05, 0) is 40.9 Å². The van der Waals surface area contributed by atoms with Gasteiger partial charge in [0.2, 0.25) is 5.89 Å². The van der Waals surface area contributed by atoms with Gasteiger partial charge in [-0.15, -0.1) is 10.2 Å². The van der Waals surface area contributed by atoms with E-state index in [9.17, 15) is 0 Å². The molecule has 1 saturated carbocycles. The Morgan fingerprint density at radius 1 is 1.39 bits per heavy atom. The van der Waals surface area contributed by atoms with Crippen LogP contribution in [0.2, 0.25) is 0 Å². The fraction of sp³-hybridized carbons (Fsp3) is 0.417. The molecule has 2 heterocycles. The molecular weight excluding hydrogens is 296 g/mol. The molecule has 1 N–H and O–H groups in total. The van der Waals surface area contributed by atoms with E-state index in [1.165, 1.54) is 12.8 Å². The van der Waals surface area contributed by atoms with Crippen LogP contribution in [0.15, 0.2) is 27.2 Å². The summed E-state index contributed by atoms with van der Waals surface area (Å²) in [5, 5.41) is 11.5. The minimum atomic E-state index is 0.462. The molecule has 0 bridgehead atoms. The first-order valence-corrected chi connectivity index (χ1v) is 6.79. The van der Waals surface area contributed by atoms with E-state index in [0.717, 1.165) is 17.4 Å². The Morgan fingerprint density at radius 3 is 3.06 bits per heavy atom. The molecule has 0 spiro atoms. The predicted octanol–water partition coefficient (Wildman–Crippen LogP) is 2.19. The third-order valence-corrected chi connectivity index (χ3v) is 3.42.